The Hall–Kier alpha value is -1.85. The van der Waals surface area contributed by atoms with Crippen LogP contribution in [0, 0.1) is 26.6 Å². The first-order valence-electron chi connectivity index (χ1n) is 13.3. The summed E-state index contributed by atoms with van der Waals surface area (Å²) in [5, 5.41) is 22.9. The molecule has 1 saturated heterocycles. The van der Waals surface area contributed by atoms with Crippen molar-refractivity contribution in [3.8, 4) is 16.9 Å². The zero-order valence-electron chi connectivity index (χ0n) is 23.8. The summed E-state index contributed by atoms with van der Waals surface area (Å²) in [6, 6.07) is 14.8. The Morgan fingerprint density at radius 3 is 2.29 bits per heavy atom. The molecule has 10 heteroatoms. The number of aryl methyl sites for hydroxylation is 4. The number of ether oxygens (including phenoxy) is 1. The number of aliphatic hydroxyl groups is 1. The number of rotatable bonds is 10. The second-order valence-electron chi connectivity index (χ2n) is 10.8. The van der Waals surface area contributed by atoms with Crippen LogP contribution >= 0.6 is 10.6 Å². The third kappa shape index (κ3) is 9.07. The molecule has 7 nitrogen and oxygen atoms in total. The number of benzene rings is 3. The second kappa shape index (κ2) is 14.1. The summed E-state index contributed by atoms with van der Waals surface area (Å²) in [7, 11) is -3.08. The molecule has 0 bridgehead atoms. The quantitative estimate of drug-likeness (QED) is 0.254. The summed E-state index contributed by atoms with van der Waals surface area (Å²) in [6.45, 7) is 6.59. The van der Waals surface area contributed by atoms with Crippen molar-refractivity contribution in [3.05, 3.63) is 82.2 Å². The number of carboxylic acids is 1. The number of anilines is 1. The molecular formula is C31H36CaFNO6S. The second-order valence-corrected chi connectivity index (χ2v) is 13.1. The van der Waals surface area contributed by atoms with Gasteiger partial charge in [0.1, 0.15) is 23.8 Å². The summed E-state index contributed by atoms with van der Waals surface area (Å²) in [5.41, 5.74) is 6.16. The van der Waals surface area contributed by atoms with E-state index >= 15 is 0 Å². The van der Waals surface area contributed by atoms with Crippen LogP contribution in [0.1, 0.15) is 47.1 Å². The maximum absolute atomic E-state index is 14.4. The van der Waals surface area contributed by atoms with Crippen LogP contribution in [0.25, 0.3) is 11.1 Å². The summed E-state index contributed by atoms with van der Waals surface area (Å²) < 4.78 is 43.8. The Labute approximate surface area is 272 Å². The molecule has 216 valence electrons. The number of halogens is 1. The monoisotopic (exact) mass is 609 g/mol. The van der Waals surface area contributed by atoms with Crippen molar-refractivity contribution < 1.29 is 33.2 Å². The van der Waals surface area contributed by atoms with E-state index in [1.54, 1.807) is 12.1 Å². The molecule has 0 amide bonds. The number of carbonyl (C=O) groups is 1. The summed E-state index contributed by atoms with van der Waals surface area (Å²) in [6.07, 6.45) is 0.382. The number of nitrogens with one attached hydrogen (secondary N) is 1. The average Bonchev–Trinajstić information content (AvgIpc) is 2.89. The number of aliphatic carboxylic acids is 1. The van der Waals surface area contributed by atoms with Crippen LogP contribution in [-0.4, -0.2) is 86.7 Å². The summed E-state index contributed by atoms with van der Waals surface area (Å²) in [5.74, 6) is -0.806. The van der Waals surface area contributed by atoms with Crippen molar-refractivity contribution in [1.29, 1.82) is 0 Å². The first kappa shape index (κ1) is 33.6. The van der Waals surface area contributed by atoms with Gasteiger partial charge >= 0.3 is 43.7 Å². The van der Waals surface area contributed by atoms with E-state index in [0.29, 0.717) is 23.5 Å². The smallest absolute Gasteiger partial charge is 0.800 e. The summed E-state index contributed by atoms with van der Waals surface area (Å²) in [4.78, 5) is 10.8. The van der Waals surface area contributed by atoms with Gasteiger partial charge < -0.3 is 40.0 Å². The van der Waals surface area contributed by atoms with Crippen LogP contribution in [-0.2, 0) is 17.8 Å². The topological polar surface area (TPSA) is 125 Å². The van der Waals surface area contributed by atoms with E-state index in [2.05, 4.69) is 17.4 Å². The molecule has 0 aliphatic carbocycles. The zero-order chi connectivity index (χ0) is 29.1. The van der Waals surface area contributed by atoms with E-state index in [0.717, 1.165) is 33.4 Å². The van der Waals surface area contributed by atoms with Crippen molar-refractivity contribution in [2.24, 2.45) is 0 Å². The van der Waals surface area contributed by atoms with Crippen molar-refractivity contribution in [1.82, 2.24) is 0 Å². The molecular weight excluding hydrogens is 573 g/mol. The first-order valence-corrected chi connectivity index (χ1v) is 15.2. The maximum Gasteiger partial charge on any atom is 2.00 e. The molecule has 3 aromatic carbocycles. The van der Waals surface area contributed by atoms with Gasteiger partial charge in [-0.05, 0) is 121 Å². The van der Waals surface area contributed by atoms with Gasteiger partial charge in [0.2, 0.25) is 0 Å². The predicted molar refractivity (Wildman–Crippen MR) is 160 cm³/mol. The fraction of sp³-hybridized carbons (Fsp3) is 0.387. The van der Waals surface area contributed by atoms with Crippen LogP contribution in [0.4, 0.5) is 10.1 Å². The zero-order valence-corrected chi connectivity index (χ0v) is 26.8. The molecule has 1 heterocycles. The minimum absolute atomic E-state index is 0. The van der Waals surface area contributed by atoms with Crippen LogP contribution in [0.5, 0.6) is 5.75 Å². The molecule has 0 atom stereocenters. The molecule has 3 aromatic rings. The Balaban J connectivity index is 0.00000462. The van der Waals surface area contributed by atoms with E-state index in [1.165, 1.54) is 6.07 Å². The van der Waals surface area contributed by atoms with Gasteiger partial charge in [0, 0.05) is 18.7 Å². The largest absolute Gasteiger partial charge is 2.00 e. The van der Waals surface area contributed by atoms with Crippen molar-refractivity contribution in [2.45, 2.75) is 58.6 Å². The standard InChI is InChI=1S/C31H38FNO6S.Ca/c1-20-4-5-23(18-33-25-8-6-24(28(32)17-25)7-9-29(34)35)16-27(20)30-21(2)14-26(15-22(30)3)39-19-31(36)10-12-40(37,38)13-11-31;/h4-6,8,14-17,33,36-38H,7,9-13,18-19H2,1-3H3,(H,34,35);/q;+2/p-2. The number of hydrogen-bond donors (Lipinski definition) is 3. The van der Waals surface area contributed by atoms with Crippen LogP contribution in [0.2, 0.25) is 0 Å². The normalized spacial score (nSPS) is 16.4. The van der Waals surface area contributed by atoms with Gasteiger partial charge in [0.15, 0.2) is 0 Å². The third-order valence-electron chi connectivity index (χ3n) is 7.50. The van der Waals surface area contributed by atoms with Gasteiger partial charge in [-0.25, -0.2) is 4.39 Å². The van der Waals surface area contributed by atoms with Gasteiger partial charge in [-0.1, -0.05) is 18.2 Å². The Morgan fingerprint density at radius 1 is 1.02 bits per heavy atom. The molecule has 41 heavy (non-hydrogen) atoms. The van der Waals surface area contributed by atoms with E-state index in [1.807, 2.05) is 39.0 Å². The van der Waals surface area contributed by atoms with Crippen molar-refractivity contribution in [2.75, 3.05) is 23.4 Å². The van der Waals surface area contributed by atoms with Crippen molar-refractivity contribution in [3.63, 3.8) is 0 Å². The van der Waals surface area contributed by atoms with Crippen molar-refractivity contribution >= 4 is 60.0 Å². The number of sulfone groups is 1. The van der Waals surface area contributed by atoms with Gasteiger partial charge in [0.05, 0.1) is 0 Å². The van der Waals surface area contributed by atoms with Crippen LogP contribution < -0.4 is 10.1 Å². The van der Waals surface area contributed by atoms with E-state index < -0.39 is 28.0 Å². The van der Waals surface area contributed by atoms with E-state index in [-0.39, 0.29) is 81.5 Å². The number of carboxylic acid groups (broad SMARTS) is 1. The van der Waals surface area contributed by atoms with Gasteiger partial charge in [-0.2, -0.15) is 0 Å². The molecule has 1 aliphatic rings. The minimum Gasteiger partial charge on any atom is -0.800 e. The van der Waals surface area contributed by atoms with Crippen LogP contribution in [0.3, 0.4) is 0 Å². The Bertz CT molecular complexity index is 1370. The first-order chi connectivity index (χ1) is 18.8. The van der Waals surface area contributed by atoms with Gasteiger partial charge in [-0.15, -0.1) is 0 Å². The van der Waals surface area contributed by atoms with E-state index in [4.69, 9.17) is 9.84 Å². The fourth-order valence-corrected chi connectivity index (χ4v) is 6.65. The third-order valence-corrected chi connectivity index (χ3v) is 9.15. The average molecular weight is 610 g/mol. The molecule has 4 rings (SSSR count). The minimum atomic E-state index is -3.08. The number of hydrogen-bond acceptors (Lipinski definition) is 6. The SMILES string of the molecule is Cc1ccc(CNc2ccc(CCC(=O)O)c(F)c2)cc1-c1c(C)cc(OCC2(O)CCS([O-])([O-])CC2)cc1C.[Ca+2]. The molecule has 3 N–H and O–H groups in total. The molecule has 0 unspecified atom stereocenters. The Kier molecular flexibility index (Phi) is 11.6. The molecule has 1 aliphatic heterocycles. The van der Waals surface area contributed by atoms with Crippen LogP contribution in [0.15, 0.2) is 48.5 Å². The Morgan fingerprint density at radius 2 is 1.68 bits per heavy atom. The predicted octanol–water partition coefficient (Wildman–Crippen LogP) is 5.64. The van der Waals surface area contributed by atoms with E-state index in [9.17, 15) is 23.4 Å². The molecule has 1 fully saturated rings. The fourth-order valence-electron chi connectivity index (χ4n) is 5.07. The maximum atomic E-state index is 14.4. The van der Waals surface area contributed by atoms with Gasteiger partial charge in [0.25, 0.3) is 0 Å². The summed E-state index contributed by atoms with van der Waals surface area (Å²) >= 11 is 0. The molecule has 0 radical (unpaired) electrons. The molecule has 0 aromatic heterocycles. The molecule has 0 saturated carbocycles. The van der Waals surface area contributed by atoms with Gasteiger partial charge in [-0.3, -0.25) is 4.79 Å². The molecule has 0 spiro atoms.